The molecule has 2 N–H and O–H groups in total. The summed E-state index contributed by atoms with van der Waals surface area (Å²) in [6.07, 6.45) is 2.09. The van der Waals surface area contributed by atoms with E-state index in [1.54, 1.807) is 20.0 Å². The number of aromatic nitrogens is 2. The normalized spacial score (nSPS) is 13.9. The second kappa shape index (κ2) is 5.55. The molecule has 0 saturated heterocycles. The number of hydrogen-bond acceptors (Lipinski definition) is 3. The SMILES string of the molecule is CCC(C)(CNC(=O)c1cn2c(C)cccc2n1)C(=O)O. The summed E-state index contributed by atoms with van der Waals surface area (Å²) in [5.74, 6) is -1.28. The van der Waals surface area contributed by atoms with E-state index in [1.807, 2.05) is 29.5 Å². The molecule has 21 heavy (non-hydrogen) atoms. The molecule has 2 heterocycles. The molecule has 2 rings (SSSR count). The fraction of sp³-hybridized carbons (Fsp3) is 0.400. The molecule has 0 aliphatic heterocycles. The Morgan fingerprint density at radius 3 is 2.71 bits per heavy atom. The fourth-order valence-corrected chi connectivity index (χ4v) is 1.98. The number of fused-ring (bicyclic) bond motifs is 1. The van der Waals surface area contributed by atoms with E-state index in [4.69, 9.17) is 0 Å². The average Bonchev–Trinajstić information content (AvgIpc) is 2.89. The molecule has 0 aromatic carbocycles. The lowest BCUT2D eigenvalue weighted by Gasteiger charge is -2.22. The minimum Gasteiger partial charge on any atom is -0.481 e. The number of nitrogens with zero attached hydrogens (tertiary/aromatic N) is 2. The third kappa shape index (κ3) is 2.89. The second-order valence-electron chi connectivity index (χ2n) is 5.42. The summed E-state index contributed by atoms with van der Waals surface area (Å²) in [4.78, 5) is 27.6. The molecule has 0 fully saturated rings. The predicted octanol–water partition coefficient (Wildman–Crippen LogP) is 1.87. The van der Waals surface area contributed by atoms with Gasteiger partial charge in [0.15, 0.2) is 0 Å². The summed E-state index contributed by atoms with van der Waals surface area (Å²) in [5, 5.41) is 11.9. The first-order valence-electron chi connectivity index (χ1n) is 6.83. The van der Waals surface area contributed by atoms with E-state index in [0.717, 1.165) is 5.69 Å². The number of aryl methyl sites for hydroxylation is 1. The van der Waals surface area contributed by atoms with E-state index in [9.17, 15) is 14.7 Å². The molecule has 2 aromatic heterocycles. The maximum absolute atomic E-state index is 12.1. The lowest BCUT2D eigenvalue weighted by Crippen LogP contribution is -2.40. The van der Waals surface area contributed by atoms with Crippen molar-refractivity contribution in [1.82, 2.24) is 14.7 Å². The molecule has 0 aliphatic rings. The zero-order chi connectivity index (χ0) is 15.6. The molecule has 0 bridgehead atoms. The molecule has 112 valence electrons. The van der Waals surface area contributed by atoms with Crippen molar-refractivity contribution in [2.24, 2.45) is 5.41 Å². The topological polar surface area (TPSA) is 83.7 Å². The molecule has 1 unspecified atom stereocenters. The standard InChI is InChI=1S/C15H19N3O3/c1-4-15(3,14(20)21)9-16-13(19)11-8-18-10(2)6-5-7-12(18)17-11/h5-8H,4,9H2,1-3H3,(H,16,19)(H,20,21). The van der Waals surface area contributed by atoms with Crippen LogP contribution in [0.25, 0.3) is 5.65 Å². The molecule has 0 spiro atoms. The van der Waals surface area contributed by atoms with Gasteiger partial charge in [-0.3, -0.25) is 9.59 Å². The van der Waals surface area contributed by atoms with Crippen LogP contribution in [0.5, 0.6) is 0 Å². The van der Waals surface area contributed by atoms with Gasteiger partial charge in [0, 0.05) is 18.4 Å². The van der Waals surface area contributed by atoms with Gasteiger partial charge in [-0.05, 0) is 32.4 Å². The van der Waals surface area contributed by atoms with Gasteiger partial charge in [0.2, 0.25) is 0 Å². The van der Waals surface area contributed by atoms with Crippen LogP contribution in [-0.2, 0) is 4.79 Å². The first-order chi connectivity index (χ1) is 9.87. The van der Waals surface area contributed by atoms with Gasteiger partial charge in [-0.2, -0.15) is 0 Å². The fourth-order valence-electron chi connectivity index (χ4n) is 1.98. The minimum absolute atomic E-state index is 0.0739. The van der Waals surface area contributed by atoms with Crippen LogP contribution in [0.3, 0.4) is 0 Å². The highest BCUT2D eigenvalue weighted by Crippen LogP contribution is 2.20. The Kier molecular flexibility index (Phi) is 3.97. The van der Waals surface area contributed by atoms with E-state index in [-0.39, 0.29) is 18.1 Å². The molecule has 6 heteroatoms. The van der Waals surface area contributed by atoms with Gasteiger partial charge in [0.05, 0.1) is 5.41 Å². The second-order valence-corrected chi connectivity index (χ2v) is 5.42. The average molecular weight is 289 g/mol. The van der Waals surface area contributed by atoms with Crippen molar-refractivity contribution in [3.8, 4) is 0 Å². The number of aliphatic carboxylic acids is 1. The van der Waals surface area contributed by atoms with E-state index in [0.29, 0.717) is 12.1 Å². The Morgan fingerprint density at radius 1 is 1.43 bits per heavy atom. The molecule has 0 radical (unpaired) electrons. The van der Waals surface area contributed by atoms with Crippen molar-refractivity contribution in [2.75, 3.05) is 6.54 Å². The van der Waals surface area contributed by atoms with Crippen molar-refractivity contribution in [2.45, 2.75) is 27.2 Å². The van der Waals surface area contributed by atoms with Crippen LogP contribution in [0, 0.1) is 12.3 Å². The number of carboxylic acids is 1. The molecule has 1 amide bonds. The number of hydrogen-bond donors (Lipinski definition) is 2. The summed E-state index contributed by atoms with van der Waals surface area (Å²) in [6, 6.07) is 5.62. The van der Waals surface area contributed by atoms with E-state index in [1.165, 1.54) is 0 Å². The number of carboxylic acid groups (broad SMARTS) is 1. The number of nitrogens with one attached hydrogen (secondary N) is 1. The molecule has 1 atom stereocenters. The Labute approximate surface area is 122 Å². The van der Waals surface area contributed by atoms with Crippen LogP contribution in [0.2, 0.25) is 0 Å². The van der Waals surface area contributed by atoms with E-state index >= 15 is 0 Å². The monoisotopic (exact) mass is 289 g/mol. The Hall–Kier alpha value is -2.37. The lowest BCUT2D eigenvalue weighted by molar-refractivity contribution is -0.147. The van der Waals surface area contributed by atoms with Crippen molar-refractivity contribution >= 4 is 17.5 Å². The zero-order valence-corrected chi connectivity index (χ0v) is 12.4. The number of imidazole rings is 1. The van der Waals surface area contributed by atoms with Gasteiger partial charge in [-0.1, -0.05) is 13.0 Å². The summed E-state index contributed by atoms with van der Waals surface area (Å²) in [6.45, 7) is 5.40. The van der Waals surface area contributed by atoms with Crippen LogP contribution < -0.4 is 5.32 Å². The lowest BCUT2D eigenvalue weighted by atomic mass is 9.88. The molecule has 0 aliphatic carbocycles. The van der Waals surface area contributed by atoms with E-state index < -0.39 is 11.4 Å². The molecule has 6 nitrogen and oxygen atoms in total. The Balaban J connectivity index is 2.16. The van der Waals surface area contributed by atoms with Crippen LogP contribution >= 0.6 is 0 Å². The first kappa shape index (κ1) is 15.0. The van der Waals surface area contributed by atoms with Crippen LogP contribution in [-0.4, -0.2) is 32.9 Å². The van der Waals surface area contributed by atoms with Crippen molar-refractivity contribution in [3.63, 3.8) is 0 Å². The number of carbonyl (C=O) groups excluding carboxylic acids is 1. The molecular formula is C15H19N3O3. The maximum atomic E-state index is 12.1. The largest absolute Gasteiger partial charge is 0.481 e. The van der Waals surface area contributed by atoms with Crippen molar-refractivity contribution in [1.29, 1.82) is 0 Å². The highest BCUT2D eigenvalue weighted by molar-refractivity contribution is 5.93. The zero-order valence-electron chi connectivity index (χ0n) is 12.4. The highest BCUT2D eigenvalue weighted by Gasteiger charge is 2.31. The minimum atomic E-state index is -0.968. The van der Waals surface area contributed by atoms with Crippen molar-refractivity contribution in [3.05, 3.63) is 35.8 Å². The summed E-state index contributed by atoms with van der Waals surface area (Å²) in [7, 11) is 0. The number of rotatable bonds is 5. The van der Waals surface area contributed by atoms with Crippen LogP contribution in [0.1, 0.15) is 36.5 Å². The number of carbonyl (C=O) groups is 2. The highest BCUT2D eigenvalue weighted by atomic mass is 16.4. The third-order valence-electron chi connectivity index (χ3n) is 3.86. The Morgan fingerprint density at radius 2 is 2.14 bits per heavy atom. The molecule has 2 aromatic rings. The maximum Gasteiger partial charge on any atom is 0.311 e. The van der Waals surface area contributed by atoms with Gasteiger partial charge < -0.3 is 14.8 Å². The Bertz CT molecular complexity index is 693. The van der Waals surface area contributed by atoms with Gasteiger partial charge in [0.25, 0.3) is 5.91 Å². The quantitative estimate of drug-likeness (QED) is 0.880. The summed E-state index contributed by atoms with van der Waals surface area (Å²) in [5.41, 5.74) is 0.984. The number of amides is 1. The summed E-state index contributed by atoms with van der Waals surface area (Å²) < 4.78 is 1.82. The predicted molar refractivity (Wildman–Crippen MR) is 78.3 cm³/mol. The molecule has 0 saturated carbocycles. The number of pyridine rings is 1. The van der Waals surface area contributed by atoms with Gasteiger partial charge in [-0.25, -0.2) is 4.98 Å². The third-order valence-corrected chi connectivity index (χ3v) is 3.86. The van der Waals surface area contributed by atoms with Gasteiger partial charge in [-0.15, -0.1) is 0 Å². The van der Waals surface area contributed by atoms with Gasteiger partial charge >= 0.3 is 5.97 Å². The van der Waals surface area contributed by atoms with Crippen molar-refractivity contribution < 1.29 is 14.7 Å². The van der Waals surface area contributed by atoms with Crippen LogP contribution in [0.4, 0.5) is 0 Å². The summed E-state index contributed by atoms with van der Waals surface area (Å²) >= 11 is 0. The first-order valence-corrected chi connectivity index (χ1v) is 6.83. The van der Waals surface area contributed by atoms with Gasteiger partial charge in [0.1, 0.15) is 11.3 Å². The van der Waals surface area contributed by atoms with Crippen LogP contribution in [0.15, 0.2) is 24.4 Å². The smallest absolute Gasteiger partial charge is 0.311 e. The van der Waals surface area contributed by atoms with E-state index in [2.05, 4.69) is 10.3 Å². The molecular weight excluding hydrogens is 270 g/mol.